The highest BCUT2D eigenvalue weighted by Gasteiger charge is 2.12. The topological polar surface area (TPSA) is 73.1 Å². The summed E-state index contributed by atoms with van der Waals surface area (Å²) in [4.78, 5) is 8.33. The van der Waals surface area contributed by atoms with Crippen LogP contribution in [0.5, 0.6) is 11.6 Å². The van der Waals surface area contributed by atoms with Gasteiger partial charge in [0.1, 0.15) is 17.9 Å². The zero-order valence-corrected chi connectivity index (χ0v) is 11.2. The molecule has 5 heteroatoms. The van der Waals surface area contributed by atoms with Crippen LogP contribution < -0.4 is 16.0 Å². The van der Waals surface area contributed by atoms with Crippen LogP contribution in [-0.2, 0) is 6.42 Å². The number of nitrogen functional groups attached to an aromatic ring is 1. The Bertz CT molecular complexity index is 557. The number of nitrogens with one attached hydrogen (secondary N) is 1. The SMILES string of the molecule is CCCc1c(NN)ncnc1Oc1ccccc1C. The summed E-state index contributed by atoms with van der Waals surface area (Å²) in [7, 11) is 0. The highest BCUT2D eigenvalue weighted by Crippen LogP contribution is 2.29. The summed E-state index contributed by atoms with van der Waals surface area (Å²) in [5, 5.41) is 0. The summed E-state index contributed by atoms with van der Waals surface area (Å²) < 4.78 is 5.89. The molecule has 0 spiro atoms. The fraction of sp³-hybridized carbons (Fsp3) is 0.286. The number of rotatable bonds is 5. The summed E-state index contributed by atoms with van der Waals surface area (Å²) in [6.45, 7) is 4.09. The molecule has 0 amide bonds. The Balaban J connectivity index is 2.37. The van der Waals surface area contributed by atoms with Crippen LogP contribution in [0.4, 0.5) is 5.82 Å². The first-order valence-corrected chi connectivity index (χ1v) is 6.30. The number of para-hydroxylation sites is 1. The minimum Gasteiger partial charge on any atom is -0.438 e. The highest BCUT2D eigenvalue weighted by atomic mass is 16.5. The van der Waals surface area contributed by atoms with Gasteiger partial charge in [0, 0.05) is 0 Å². The molecule has 5 nitrogen and oxygen atoms in total. The van der Waals surface area contributed by atoms with E-state index in [4.69, 9.17) is 10.6 Å². The maximum Gasteiger partial charge on any atom is 0.227 e. The minimum atomic E-state index is 0.555. The first-order valence-electron chi connectivity index (χ1n) is 6.30. The quantitative estimate of drug-likeness (QED) is 0.637. The second kappa shape index (κ2) is 6.15. The van der Waals surface area contributed by atoms with Crippen molar-refractivity contribution in [2.24, 2.45) is 5.84 Å². The van der Waals surface area contributed by atoms with Crippen LogP contribution in [0.15, 0.2) is 30.6 Å². The summed E-state index contributed by atoms with van der Waals surface area (Å²) in [6.07, 6.45) is 3.22. The molecule has 0 saturated carbocycles. The molecule has 1 aromatic heterocycles. The number of anilines is 1. The van der Waals surface area contributed by atoms with Crippen LogP contribution in [0.2, 0.25) is 0 Å². The van der Waals surface area contributed by atoms with E-state index in [2.05, 4.69) is 22.3 Å². The van der Waals surface area contributed by atoms with Crippen molar-refractivity contribution in [3.8, 4) is 11.6 Å². The van der Waals surface area contributed by atoms with Gasteiger partial charge in [-0.05, 0) is 25.0 Å². The zero-order valence-electron chi connectivity index (χ0n) is 11.2. The Labute approximate surface area is 112 Å². The Morgan fingerprint density at radius 2 is 2.05 bits per heavy atom. The van der Waals surface area contributed by atoms with Gasteiger partial charge in [0.25, 0.3) is 0 Å². The lowest BCUT2D eigenvalue weighted by molar-refractivity contribution is 0.451. The number of nitrogens with two attached hydrogens (primary N) is 1. The maximum absolute atomic E-state index is 5.89. The second-order valence-electron chi connectivity index (χ2n) is 4.27. The van der Waals surface area contributed by atoms with Crippen LogP contribution >= 0.6 is 0 Å². The molecule has 1 heterocycles. The van der Waals surface area contributed by atoms with Crippen molar-refractivity contribution >= 4 is 5.82 Å². The molecule has 0 aliphatic heterocycles. The van der Waals surface area contributed by atoms with Crippen molar-refractivity contribution in [3.05, 3.63) is 41.7 Å². The van der Waals surface area contributed by atoms with Gasteiger partial charge in [-0.2, -0.15) is 0 Å². The molecule has 100 valence electrons. The Hall–Kier alpha value is -2.14. The van der Waals surface area contributed by atoms with Gasteiger partial charge < -0.3 is 10.2 Å². The lowest BCUT2D eigenvalue weighted by Gasteiger charge is -2.13. The molecule has 19 heavy (non-hydrogen) atoms. The van der Waals surface area contributed by atoms with E-state index in [0.717, 1.165) is 29.7 Å². The number of aromatic nitrogens is 2. The van der Waals surface area contributed by atoms with Gasteiger partial charge in [0.05, 0.1) is 5.56 Å². The number of hydrazine groups is 1. The molecule has 0 atom stereocenters. The molecule has 0 aliphatic rings. The first-order chi connectivity index (χ1) is 9.26. The lowest BCUT2D eigenvalue weighted by Crippen LogP contribution is -2.12. The molecular weight excluding hydrogens is 240 g/mol. The lowest BCUT2D eigenvalue weighted by atomic mass is 10.1. The van der Waals surface area contributed by atoms with Crippen molar-refractivity contribution < 1.29 is 4.74 Å². The van der Waals surface area contributed by atoms with Gasteiger partial charge in [-0.15, -0.1) is 0 Å². The smallest absolute Gasteiger partial charge is 0.227 e. The summed E-state index contributed by atoms with van der Waals surface area (Å²) >= 11 is 0. The van der Waals surface area contributed by atoms with Gasteiger partial charge in [-0.1, -0.05) is 31.5 Å². The van der Waals surface area contributed by atoms with Crippen molar-refractivity contribution in [2.45, 2.75) is 26.7 Å². The standard InChI is InChI=1S/C14H18N4O/c1-3-6-11-13(18-15)16-9-17-14(11)19-12-8-5-4-7-10(12)2/h4-5,7-9H,3,6,15H2,1-2H3,(H,16,17,18). The van der Waals surface area contributed by atoms with Crippen LogP contribution in [0.1, 0.15) is 24.5 Å². The molecule has 2 rings (SSSR count). The second-order valence-corrected chi connectivity index (χ2v) is 4.27. The molecule has 0 radical (unpaired) electrons. The van der Waals surface area contributed by atoms with Gasteiger partial charge >= 0.3 is 0 Å². The number of hydrogen-bond donors (Lipinski definition) is 2. The molecule has 0 unspecified atom stereocenters. The molecular formula is C14H18N4O. The monoisotopic (exact) mass is 258 g/mol. The molecule has 0 bridgehead atoms. The highest BCUT2D eigenvalue weighted by molar-refractivity contribution is 5.49. The Morgan fingerprint density at radius 3 is 2.74 bits per heavy atom. The average Bonchev–Trinajstić information content (AvgIpc) is 2.43. The van der Waals surface area contributed by atoms with Crippen LogP contribution in [0.3, 0.4) is 0 Å². The van der Waals surface area contributed by atoms with E-state index < -0.39 is 0 Å². The first kappa shape index (κ1) is 13.3. The van der Waals surface area contributed by atoms with Crippen molar-refractivity contribution in [2.75, 3.05) is 5.43 Å². The van der Waals surface area contributed by atoms with E-state index in [1.807, 2.05) is 31.2 Å². The molecule has 0 saturated heterocycles. The van der Waals surface area contributed by atoms with E-state index in [1.165, 1.54) is 6.33 Å². The summed E-state index contributed by atoms with van der Waals surface area (Å²) in [5.41, 5.74) is 4.55. The van der Waals surface area contributed by atoms with Gasteiger partial charge in [-0.25, -0.2) is 15.8 Å². The fourth-order valence-corrected chi connectivity index (χ4v) is 1.86. The van der Waals surface area contributed by atoms with E-state index in [9.17, 15) is 0 Å². The minimum absolute atomic E-state index is 0.555. The van der Waals surface area contributed by atoms with Gasteiger partial charge in [-0.3, -0.25) is 0 Å². The third kappa shape index (κ3) is 3.00. The van der Waals surface area contributed by atoms with Gasteiger partial charge in [0.2, 0.25) is 5.88 Å². The summed E-state index contributed by atoms with van der Waals surface area (Å²) in [6, 6.07) is 7.83. The number of hydrogen-bond acceptors (Lipinski definition) is 5. The Morgan fingerprint density at radius 1 is 1.26 bits per heavy atom. The number of aryl methyl sites for hydroxylation is 1. The van der Waals surface area contributed by atoms with Crippen molar-refractivity contribution in [3.63, 3.8) is 0 Å². The largest absolute Gasteiger partial charge is 0.438 e. The van der Waals surface area contributed by atoms with E-state index in [-0.39, 0.29) is 0 Å². The third-order valence-electron chi connectivity index (χ3n) is 2.84. The zero-order chi connectivity index (χ0) is 13.7. The summed E-state index contributed by atoms with van der Waals surface area (Å²) in [5.74, 6) is 7.44. The molecule has 3 N–H and O–H groups in total. The number of ether oxygens (including phenoxy) is 1. The normalized spacial score (nSPS) is 10.3. The molecule has 0 fully saturated rings. The van der Waals surface area contributed by atoms with Crippen molar-refractivity contribution in [1.29, 1.82) is 0 Å². The van der Waals surface area contributed by atoms with E-state index >= 15 is 0 Å². The predicted molar refractivity (Wildman–Crippen MR) is 75.1 cm³/mol. The fourth-order valence-electron chi connectivity index (χ4n) is 1.86. The predicted octanol–water partition coefficient (Wildman–Crippen LogP) is 2.82. The van der Waals surface area contributed by atoms with Crippen LogP contribution in [0, 0.1) is 6.92 Å². The third-order valence-corrected chi connectivity index (χ3v) is 2.84. The molecule has 2 aromatic rings. The molecule has 0 aliphatic carbocycles. The number of nitrogens with zero attached hydrogens (tertiary/aromatic N) is 2. The van der Waals surface area contributed by atoms with E-state index in [0.29, 0.717) is 11.7 Å². The van der Waals surface area contributed by atoms with Crippen LogP contribution in [0.25, 0.3) is 0 Å². The molecule has 1 aromatic carbocycles. The van der Waals surface area contributed by atoms with Crippen molar-refractivity contribution in [1.82, 2.24) is 9.97 Å². The maximum atomic E-state index is 5.89. The van der Waals surface area contributed by atoms with Crippen LogP contribution in [-0.4, -0.2) is 9.97 Å². The van der Waals surface area contributed by atoms with Gasteiger partial charge in [0.15, 0.2) is 0 Å². The average molecular weight is 258 g/mol. The van der Waals surface area contributed by atoms with E-state index in [1.54, 1.807) is 0 Å². The number of benzene rings is 1. The Kier molecular flexibility index (Phi) is 4.30.